The molecule has 11 nitrogen and oxygen atoms in total. The number of nitrogens with zero attached hydrogens (tertiary/aromatic N) is 6. The predicted octanol–water partition coefficient (Wildman–Crippen LogP) is 4.88. The van der Waals surface area contributed by atoms with Crippen molar-refractivity contribution in [2.24, 2.45) is 5.92 Å². The number of piperazine rings is 1. The molecule has 0 unspecified atom stereocenters. The second-order valence-corrected chi connectivity index (χ2v) is 14.9. The van der Waals surface area contributed by atoms with E-state index in [4.69, 9.17) is 38.0 Å². The van der Waals surface area contributed by atoms with Crippen molar-refractivity contribution in [3.63, 3.8) is 0 Å². The van der Waals surface area contributed by atoms with Gasteiger partial charge in [0, 0.05) is 67.1 Å². The summed E-state index contributed by atoms with van der Waals surface area (Å²) in [6, 6.07) is 9.16. The summed E-state index contributed by atoms with van der Waals surface area (Å²) in [4.78, 5) is 31.7. The summed E-state index contributed by atoms with van der Waals surface area (Å²) in [7, 11) is -2.94. The first-order chi connectivity index (χ1) is 21.5. The van der Waals surface area contributed by atoms with Crippen LogP contribution in [0.25, 0.3) is 11.3 Å². The Morgan fingerprint density at radius 2 is 1.64 bits per heavy atom. The summed E-state index contributed by atoms with van der Waals surface area (Å²) in [6.45, 7) is 6.25. The molecule has 2 aromatic heterocycles. The summed E-state index contributed by atoms with van der Waals surface area (Å²) >= 11 is 12.6. The number of aromatic nitrogens is 3. The highest BCUT2D eigenvalue weighted by atomic mass is 35.5. The highest BCUT2D eigenvalue weighted by molar-refractivity contribution is 7.90. The van der Waals surface area contributed by atoms with Crippen LogP contribution in [0.15, 0.2) is 42.7 Å². The normalized spacial score (nSPS) is 17.0. The molecule has 0 amide bonds. The number of benzene rings is 1. The average Bonchev–Trinajstić information content (AvgIpc) is 2.97. The van der Waals surface area contributed by atoms with E-state index >= 15 is 0 Å². The molecule has 3 aromatic rings. The fourth-order valence-corrected chi connectivity index (χ4v) is 6.97. The molecular weight excluding hydrogens is 639 g/mol. The number of likely N-dealkylation sites (tertiary alicyclic amines) is 1. The van der Waals surface area contributed by atoms with Crippen molar-refractivity contribution in [2.75, 3.05) is 62.7 Å². The first-order valence-corrected chi connectivity index (χ1v) is 17.9. The standard InChI is InChI=1S/C31H38Cl2N6O5S/c1-45(42,43)12-2-5-37-8-10-39(11-9-37)28-19-35-30(20-34-28)44-29-14-23(21-38-6-3-22(4-7-38)15-31(40)41)13-27(36-29)24-16-25(32)18-26(33)17-24/h13-14,16-20,22H,2-12,15,21H2,1H3,(H,40,41). The highest BCUT2D eigenvalue weighted by Gasteiger charge is 2.22. The van der Waals surface area contributed by atoms with Crippen LogP contribution in [-0.2, 0) is 21.2 Å². The monoisotopic (exact) mass is 676 g/mol. The number of carboxylic acid groups (broad SMARTS) is 1. The summed E-state index contributed by atoms with van der Waals surface area (Å²) < 4.78 is 28.9. The Bertz CT molecular complexity index is 1560. The SMILES string of the molecule is CS(=O)(=O)CCCN1CCN(c2cnc(Oc3cc(CN4CCC(CC(=O)O)CC4)cc(-c4cc(Cl)cc(Cl)c4)n3)cn2)CC1. The quantitative estimate of drug-likeness (QED) is 0.282. The summed E-state index contributed by atoms with van der Waals surface area (Å²) in [5.74, 6) is 1.10. The van der Waals surface area contributed by atoms with Gasteiger partial charge in [-0.1, -0.05) is 23.2 Å². The van der Waals surface area contributed by atoms with Gasteiger partial charge < -0.3 is 14.7 Å². The van der Waals surface area contributed by atoms with Gasteiger partial charge in [-0.15, -0.1) is 0 Å². The van der Waals surface area contributed by atoms with Crippen LogP contribution in [0.5, 0.6) is 11.8 Å². The van der Waals surface area contributed by atoms with Crippen molar-refractivity contribution in [1.82, 2.24) is 24.8 Å². The number of sulfone groups is 1. The Hall–Kier alpha value is -3.03. The fourth-order valence-electron chi connectivity index (χ4n) is 5.79. The lowest BCUT2D eigenvalue weighted by Crippen LogP contribution is -2.47. The molecule has 0 saturated carbocycles. The first kappa shape index (κ1) is 33.3. The lowest BCUT2D eigenvalue weighted by atomic mass is 9.93. The van der Waals surface area contributed by atoms with E-state index in [0.29, 0.717) is 40.5 Å². The molecule has 1 N–H and O–H groups in total. The van der Waals surface area contributed by atoms with E-state index in [2.05, 4.69) is 24.7 Å². The zero-order valence-corrected chi connectivity index (χ0v) is 27.6. The van der Waals surface area contributed by atoms with Crippen LogP contribution in [0.2, 0.25) is 10.0 Å². The summed E-state index contributed by atoms with van der Waals surface area (Å²) in [5, 5.41) is 10.2. The van der Waals surface area contributed by atoms with Crippen molar-refractivity contribution in [1.29, 1.82) is 0 Å². The molecule has 14 heteroatoms. The molecule has 2 fully saturated rings. The number of halogens is 2. The third kappa shape index (κ3) is 10.2. The van der Waals surface area contributed by atoms with E-state index < -0.39 is 15.8 Å². The van der Waals surface area contributed by atoms with Gasteiger partial charge in [-0.3, -0.25) is 14.6 Å². The molecule has 0 radical (unpaired) electrons. The Morgan fingerprint density at radius 3 is 2.27 bits per heavy atom. The maximum atomic E-state index is 11.4. The third-order valence-electron chi connectivity index (χ3n) is 8.11. The Balaban J connectivity index is 1.25. The number of hydrogen-bond donors (Lipinski definition) is 1. The Morgan fingerprint density at radius 1 is 0.933 bits per heavy atom. The molecule has 1 aromatic carbocycles. The molecule has 45 heavy (non-hydrogen) atoms. The van der Waals surface area contributed by atoms with Gasteiger partial charge in [0.1, 0.15) is 15.7 Å². The van der Waals surface area contributed by atoms with Crippen molar-refractivity contribution in [2.45, 2.75) is 32.2 Å². The lowest BCUT2D eigenvalue weighted by molar-refractivity contribution is -0.138. The molecule has 2 aliphatic rings. The van der Waals surface area contributed by atoms with Crippen LogP contribution in [0.4, 0.5) is 5.82 Å². The second kappa shape index (κ2) is 15.0. The molecule has 242 valence electrons. The van der Waals surface area contributed by atoms with Gasteiger partial charge in [0.05, 0.1) is 23.8 Å². The lowest BCUT2D eigenvalue weighted by Gasteiger charge is -2.35. The molecule has 4 heterocycles. The van der Waals surface area contributed by atoms with Gasteiger partial charge >= 0.3 is 5.97 Å². The van der Waals surface area contributed by atoms with Crippen molar-refractivity contribution >= 4 is 44.8 Å². The van der Waals surface area contributed by atoms with Crippen molar-refractivity contribution in [3.05, 3.63) is 58.3 Å². The Kier molecular flexibility index (Phi) is 11.1. The number of anilines is 1. The number of carboxylic acids is 1. The summed E-state index contributed by atoms with van der Waals surface area (Å²) in [6.07, 6.45) is 7.09. The van der Waals surface area contributed by atoms with Gasteiger partial charge in [-0.25, -0.2) is 23.4 Å². The number of pyridine rings is 1. The molecule has 0 spiro atoms. The van der Waals surface area contributed by atoms with Crippen LogP contribution in [-0.4, -0.2) is 102 Å². The van der Waals surface area contributed by atoms with E-state index in [0.717, 1.165) is 75.6 Å². The first-order valence-electron chi connectivity index (χ1n) is 15.1. The minimum atomic E-state index is -2.94. The summed E-state index contributed by atoms with van der Waals surface area (Å²) in [5.41, 5.74) is 2.41. The minimum Gasteiger partial charge on any atom is -0.481 e. The fraction of sp³-hybridized carbons (Fsp3) is 0.484. The molecule has 2 aliphatic heterocycles. The van der Waals surface area contributed by atoms with E-state index in [9.17, 15) is 13.2 Å². The van der Waals surface area contributed by atoms with E-state index in [1.807, 2.05) is 12.1 Å². The molecular formula is C31H38Cl2N6O5S. The van der Waals surface area contributed by atoms with Crippen LogP contribution in [0, 0.1) is 5.92 Å². The highest BCUT2D eigenvalue weighted by Crippen LogP contribution is 2.31. The van der Waals surface area contributed by atoms with Crippen LogP contribution < -0.4 is 9.64 Å². The zero-order chi connectivity index (χ0) is 32.0. The number of carbonyl (C=O) groups is 1. The van der Waals surface area contributed by atoms with Gasteiger partial charge in [0.2, 0.25) is 11.8 Å². The molecule has 2 saturated heterocycles. The van der Waals surface area contributed by atoms with Crippen LogP contribution >= 0.6 is 23.2 Å². The van der Waals surface area contributed by atoms with Crippen LogP contribution in [0.3, 0.4) is 0 Å². The number of ether oxygens (including phenoxy) is 1. The number of hydrogen-bond acceptors (Lipinski definition) is 10. The molecule has 0 aliphatic carbocycles. The average molecular weight is 678 g/mol. The number of rotatable bonds is 12. The molecule has 0 atom stereocenters. The number of aliphatic carboxylic acids is 1. The third-order valence-corrected chi connectivity index (χ3v) is 9.57. The zero-order valence-electron chi connectivity index (χ0n) is 25.2. The molecule has 0 bridgehead atoms. The topological polar surface area (TPSA) is 129 Å². The van der Waals surface area contributed by atoms with Gasteiger partial charge in [0.25, 0.3) is 0 Å². The molecule has 5 rings (SSSR count). The predicted molar refractivity (Wildman–Crippen MR) is 175 cm³/mol. The van der Waals surface area contributed by atoms with Gasteiger partial charge in [0.15, 0.2) is 0 Å². The number of piperidine rings is 1. The largest absolute Gasteiger partial charge is 0.481 e. The minimum absolute atomic E-state index is 0.205. The smallest absolute Gasteiger partial charge is 0.303 e. The van der Waals surface area contributed by atoms with E-state index in [1.165, 1.54) is 6.26 Å². The van der Waals surface area contributed by atoms with Gasteiger partial charge in [-0.2, -0.15) is 0 Å². The maximum Gasteiger partial charge on any atom is 0.303 e. The van der Waals surface area contributed by atoms with Crippen molar-refractivity contribution < 1.29 is 23.1 Å². The Labute approximate surface area is 274 Å². The second-order valence-electron chi connectivity index (χ2n) is 11.8. The van der Waals surface area contributed by atoms with E-state index in [-0.39, 0.29) is 18.1 Å². The van der Waals surface area contributed by atoms with Gasteiger partial charge in [-0.05, 0) is 74.6 Å². The van der Waals surface area contributed by atoms with E-state index in [1.54, 1.807) is 30.6 Å². The van der Waals surface area contributed by atoms with Crippen molar-refractivity contribution in [3.8, 4) is 23.0 Å². The maximum absolute atomic E-state index is 11.4. The van der Waals surface area contributed by atoms with Crippen LogP contribution in [0.1, 0.15) is 31.2 Å².